The number of amides is 3. The number of esters is 1. The van der Waals surface area contributed by atoms with Gasteiger partial charge in [-0.05, 0) is 51.5 Å². The number of carbonyl (C=O) groups is 4. The van der Waals surface area contributed by atoms with Crippen molar-refractivity contribution in [2.45, 2.75) is 50.6 Å². The molecule has 9 nitrogen and oxygen atoms in total. The fourth-order valence-electron chi connectivity index (χ4n) is 3.76. The lowest BCUT2D eigenvalue weighted by Gasteiger charge is -2.30. The number of aliphatic carboxylic acids is 1. The number of benzene rings is 2. The number of hydrogen-bond acceptors (Lipinski definition) is 6. The van der Waals surface area contributed by atoms with E-state index in [4.69, 9.17) is 4.74 Å². The number of carboxylic acid groups (broad SMARTS) is 1. The molecular weight excluding hydrogens is 520 g/mol. The van der Waals surface area contributed by atoms with E-state index in [0.29, 0.717) is 11.3 Å². The molecule has 0 saturated carbocycles. The highest BCUT2D eigenvalue weighted by Gasteiger charge is 2.45. The van der Waals surface area contributed by atoms with Gasteiger partial charge in [-0.25, -0.2) is 18.4 Å². The number of rotatable bonds is 7. The van der Waals surface area contributed by atoms with Gasteiger partial charge >= 0.3 is 18.0 Å². The number of anilines is 1. The van der Waals surface area contributed by atoms with Gasteiger partial charge in [0.2, 0.25) is 5.91 Å². The van der Waals surface area contributed by atoms with Gasteiger partial charge in [0.15, 0.2) is 11.6 Å². The van der Waals surface area contributed by atoms with Crippen LogP contribution in [0.15, 0.2) is 42.5 Å². The SMILES string of the molecule is CC(C(=O)O)c1cccc(NC(=O)NCC(=O)N2[C@@H](c3cccc(F)c3F)SC[C@H]2C(=O)OC(C)(C)C)c1. The average molecular weight is 550 g/mol. The molecule has 2 aromatic rings. The predicted octanol–water partition coefficient (Wildman–Crippen LogP) is 4.26. The van der Waals surface area contributed by atoms with Crippen molar-refractivity contribution in [3.63, 3.8) is 0 Å². The van der Waals surface area contributed by atoms with E-state index < -0.39 is 65.0 Å². The first kappa shape index (κ1) is 28.9. The monoisotopic (exact) mass is 549 g/mol. The summed E-state index contributed by atoms with van der Waals surface area (Å²) in [5.74, 6) is -5.36. The first-order chi connectivity index (χ1) is 17.8. The normalized spacial score (nSPS) is 18.0. The second kappa shape index (κ2) is 11.8. The molecule has 2 aromatic carbocycles. The Morgan fingerprint density at radius 2 is 1.84 bits per heavy atom. The molecule has 1 aliphatic rings. The molecule has 0 spiro atoms. The number of carboxylic acids is 1. The standard InChI is InChI=1S/C26H29F2N3O6S/c1-14(23(33)34)15-7-5-8-16(11-15)30-25(36)29-12-20(32)31-19(24(35)37-26(2,3)4)13-38-22(31)17-9-6-10-18(27)21(17)28/h5-11,14,19,22H,12-13H2,1-4H3,(H,33,34)(H2,29,30,36)/t14?,19-,22+/m0/s1. The highest BCUT2D eigenvalue weighted by atomic mass is 32.2. The van der Waals surface area contributed by atoms with Gasteiger partial charge in [-0.1, -0.05) is 24.3 Å². The number of thioether (sulfide) groups is 1. The maximum absolute atomic E-state index is 14.6. The fraction of sp³-hybridized carbons (Fsp3) is 0.385. The van der Waals surface area contributed by atoms with Crippen molar-refractivity contribution in [2.75, 3.05) is 17.6 Å². The second-order valence-electron chi connectivity index (χ2n) is 9.67. The maximum Gasteiger partial charge on any atom is 0.330 e. The minimum atomic E-state index is -1.13. The summed E-state index contributed by atoms with van der Waals surface area (Å²) in [7, 11) is 0. The van der Waals surface area contributed by atoms with Crippen molar-refractivity contribution in [3.8, 4) is 0 Å². The van der Waals surface area contributed by atoms with E-state index in [0.717, 1.165) is 22.7 Å². The Balaban J connectivity index is 1.76. The summed E-state index contributed by atoms with van der Waals surface area (Å²) < 4.78 is 34.0. The summed E-state index contributed by atoms with van der Waals surface area (Å²) in [5, 5.41) is 13.1. The van der Waals surface area contributed by atoms with Crippen LogP contribution in [0.25, 0.3) is 0 Å². The highest BCUT2D eigenvalue weighted by Crippen LogP contribution is 2.43. The maximum atomic E-state index is 14.6. The van der Waals surface area contributed by atoms with Crippen LogP contribution in [0.3, 0.4) is 0 Å². The summed E-state index contributed by atoms with van der Waals surface area (Å²) in [6.45, 7) is 5.96. The topological polar surface area (TPSA) is 125 Å². The molecule has 1 saturated heterocycles. The highest BCUT2D eigenvalue weighted by molar-refractivity contribution is 7.99. The molecular formula is C26H29F2N3O6S. The van der Waals surface area contributed by atoms with E-state index in [-0.39, 0.29) is 11.3 Å². The molecule has 3 atom stereocenters. The van der Waals surface area contributed by atoms with Crippen LogP contribution in [0.2, 0.25) is 0 Å². The van der Waals surface area contributed by atoms with Crippen LogP contribution in [0.5, 0.6) is 0 Å². The van der Waals surface area contributed by atoms with Crippen molar-refractivity contribution in [1.29, 1.82) is 0 Å². The Kier molecular flexibility index (Phi) is 8.97. The molecule has 1 unspecified atom stereocenters. The van der Waals surface area contributed by atoms with Crippen molar-refractivity contribution in [2.24, 2.45) is 0 Å². The zero-order valence-electron chi connectivity index (χ0n) is 21.3. The summed E-state index contributed by atoms with van der Waals surface area (Å²) in [6, 6.07) is 8.00. The third-order valence-corrected chi connectivity index (χ3v) is 6.93. The minimum absolute atomic E-state index is 0.0853. The van der Waals surface area contributed by atoms with Gasteiger partial charge in [-0.15, -0.1) is 11.8 Å². The van der Waals surface area contributed by atoms with Crippen molar-refractivity contribution in [1.82, 2.24) is 10.2 Å². The number of nitrogens with one attached hydrogen (secondary N) is 2. The number of hydrogen-bond donors (Lipinski definition) is 3. The van der Waals surface area contributed by atoms with Gasteiger partial charge in [0.1, 0.15) is 17.0 Å². The van der Waals surface area contributed by atoms with Crippen molar-refractivity contribution >= 4 is 41.3 Å². The van der Waals surface area contributed by atoms with Gasteiger partial charge in [-0.3, -0.25) is 9.59 Å². The molecule has 0 bridgehead atoms. The van der Waals surface area contributed by atoms with Crippen LogP contribution in [-0.2, 0) is 19.1 Å². The molecule has 204 valence electrons. The quantitative estimate of drug-likeness (QED) is 0.441. The number of urea groups is 1. The van der Waals surface area contributed by atoms with Crippen LogP contribution in [0, 0.1) is 11.6 Å². The fourth-order valence-corrected chi connectivity index (χ4v) is 5.21. The molecule has 0 aromatic heterocycles. The Bertz CT molecular complexity index is 1240. The predicted molar refractivity (Wildman–Crippen MR) is 138 cm³/mol. The molecule has 1 aliphatic heterocycles. The molecule has 1 fully saturated rings. The Hall–Kier alpha value is -3.67. The lowest BCUT2D eigenvalue weighted by molar-refractivity contribution is -0.163. The largest absolute Gasteiger partial charge is 0.481 e. The summed E-state index contributed by atoms with van der Waals surface area (Å²) >= 11 is 1.08. The van der Waals surface area contributed by atoms with Crippen LogP contribution in [0.1, 0.15) is 50.1 Å². The number of nitrogens with zero attached hydrogens (tertiary/aromatic N) is 1. The van der Waals surface area contributed by atoms with E-state index in [2.05, 4.69) is 10.6 Å². The van der Waals surface area contributed by atoms with E-state index >= 15 is 0 Å². The Labute approximate surface area is 222 Å². The van der Waals surface area contributed by atoms with Crippen molar-refractivity contribution in [3.05, 3.63) is 65.2 Å². The van der Waals surface area contributed by atoms with E-state index in [1.54, 1.807) is 39.0 Å². The molecule has 3 N–H and O–H groups in total. The molecule has 12 heteroatoms. The first-order valence-electron chi connectivity index (χ1n) is 11.8. The van der Waals surface area contributed by atoms with Gasteiger partial charge in [0.25, 0.3) is 0 Å². The number of halogens is 2. The summed E-state index contributed by atoms with van der Waals surface area (Å²) in [5.41, 5.74) is -0.170. The molecule has 0 radical (unpaired) electrons. The van der Waals surface area contributed by atoms with Crippen LogP contribution in [0.4, 0.5) is 19.3 Å². The number of ether oxygens (including phenoxy) is 1. The van der Waals surface area contributed by atoms with Crippen molar-refractivity contribution < 1.29 is 37.8 Å². The molecule has 0 aliphatic carbocycles. The summed E-state index contributed by atoms with van der Waals surface area (Å²) in [6.07, 6.45) is 0. The first-order valence-corrected chi connectivity index (χ1v) is 12.8. The molecule has 3 amide bonds. The Morgan fingerprint density at radius 1 is 1.16 bits per heavy atom. The number of carbonyl (C=O) groups excluding carboxylic acids is 3. The van der Waals surface area contributed by atoms with E-state index in [1.165, 1.54) is 25.1 Å². The minimum Gasteiger partial charge on any atom is -0.481 e. The van der Waals surface area contributed by atoms with Gasteiger partial charge in [0, 0.05) is 17.0 Å². The molecule has 1 heterocycles. The lowest BCUT2D eigenvalue weighted by Crippen LogP contribution is -2.49. The zero-order valence-corrected chi connectivity index (χ0v) is 22.1. The smallest absolute Gasteiger partial charge is 0.330 e. The second-order valence-corrected chi connectivity index (χ2v) is 10.8. The zero-order chi connectivity index (χ0) is 28.2. The molecule has 38 heavy (non-hydrogen) atoms. The van der Waals surface area contributed by atoms with Crippen LogP contribution in [-0.4, -0.2) is 57.8 Å². The van der Waals surface area contributed by atoms with Gasteiger partial charge in [-0.2, -0.15) is 0 Å². The third-order valence-electron chi connectivity index (χ3n) is 5.63. The van der Waals surface area contributed by atoms with Crippen LogP contribution >= 0.6 is 11.8 Å². The third kappa shape index (κ3) is 7.00. The lowest BCUT2D eigenvalue weighted by atomic mass is 10.0. The summed E-state index contributed by atoms with van der Waals surface area (Å²) in [4.78, 5) is 51.0. The molecule has 3 rings (SSSR count). The van der Waals surface area contributed by atoms with Crippen LogP contribution < -0.4 is 10.6 Å². The van der Waals surface area contributed by atoms with Gasteiger partial charge in [0.05, 0.1) is 12.5 Å². The Morgan fingerprint density at radius 3 is 2.50 bits per heavy atom. The van der Waals surface area contributed by atoms with Gasteiger partial charge < -0.3 is 25.4 Å². The van der Waals surface area contributed by atoms with E-state index in [9.17, 15) is 33.1 Å². The van der Waals surface area contributed by atoms with E-state index in [1.807, 2.05) is 0 Å². The average Bonchev–Trinajstić information content (AvgIpc) is 3.28.